The van der Waals surface area contributed by atoms with Crippen molar-refractivity contribution in [3.63, 3.8) is 0 Å². The average molecular weight is 157 g/mol. The summed E-state index contributed by atoms with van der Waals surface area (Å²) < 4.78 is 0. The SMILES string of the molecule is CCCC(C)NC1NCCN1. The second-order valence-electron chi connectivity index (χ2n) is 3.20. The van der Waals surface area contributed by atoms with Crippen LogP contribution >= 0.6 is 0 Å². The molecule has 0 aromatic carbocycles. The van der Waals surface area contributed by atoms with E-state index in [2.05, 4.69) is 29.8 Å². The van der Waals surface area contributed by atoms with E-state index in [4.69, 9.17) is 0 Å². The van der Waals surface area contributed by atoms with Gasteiger partial charge in [0.1, 0.15) is 6.29 Å². The Morgan fingerprint density at radius 2 is 2.09 bits per heavy atom. The highest BCUT2D eigenvalue weighted by atomic mass is 15.3. The smallest absolute Gasteiger partial charge is 0.112 e. The lowest BCUT2D eigenvalue weighted by Gasteiger charge is -2.18. The van der Waals surface area contributed by atoms with E-state index in [1.54, 1.807) is 0 Å². The lowest BCUT2D eigenvalue weighted by Crippen LogP contribution is -2.49. The summed E-state index contributed by atoms with van der Waals surface area (Å²) in [5, 5.41) is 10.1. The average Bonchev–Trinajstić information content (AvgIpc) is 2.40. The Bertz CT molecular complexity index is 99.5. The van der Waals surface area contributed by atoms with Crippen molar-refractivity contribution in [1.29, 1.82) is 0 Å². The highest BCUT2D eigenvalue weighted by Crippen LogP contribution is 1.95. The maximum Gasteiger partial charge on any atom is 0.112 e. The third-order valence-electron chi connectivity index (χ3n) is 1.99. The van der Waals surface area contributed by atoms with E-state index in [9.17, 15) is 0 Å². The second kappa shape index (κ2) is 4.70. The van der Waals surface area contributed by atoms with E-state index in [0.717, 1.165) is 13.1 Å². The minimum atomic E-state index is 0.344. The Kier molecular flexibility index (Phi) is 3.83. The summed E-state index contributed by atoms with van der Waals surface area (Å²) in [6.45, 7) is 6.60. The Morgan fingerprint density at radius 3 is 2.64 bits per heavy atom. The highest BCUT2D eigenvalue weighted by molar-refractivity contribution is 4.73. The normalized spacial score (nSPS) is 22.4. The zero-order chi connectivity index (χ0) is 8.10. The van der Waals surface area contributed by atoms with Gasteiger partial charge < -0.3 is 0 Å². The van der Waals surface area contributed by atoms with Crippen LogP contribution in [0.15, 0.2) is 0 Å². The monoisotopic (exact) mass is 157 g/mol. The van der Waals surface area contributed by atoms with Crippen LogP contribution in [0.3, 0.4) is 0 Å². The molecule has 0 bridgehead atoms. The molecule has 1 saturated heterocycles. The maximum atomic E-state index is 3.46. The zero-order valence-electron chi connectivity index (χ0n) is 7.48. The molecule has 1 aliphatic heterocycles. The number of nitrogens with one attached hydrogen (secondary N) is 3. The number of hydrogen-bond donors (Lipinski definition) is 3. The van der Waals surface area contributed by atoms with E-state index in [1.165, 1.54) is 12.8 Å². The van der Waals surface area contributed by atoms with Gasteiger partial charge >= 0.3 is 0 Å². The Morgan fingerprint density at radius 1 is 1.45 bits per heavy atom. The van der Waals surface area contributed by atoms with Gasteiger partial charge in [-0.3, -0.25) is 16.0 Å². The predicted molar refractivity (Wildman–Crippen MR) is 47.3 cm³/mol. The molecule has 0 aliphatic carbocycles. The largest absolute Gasteiger partial charge is 0.288 e. The summed E-state index contributed by atoms with van der Waals surface area (Å²) in [5.74, 6) is 0. The Hall–Kier alpha value is -0.120. The van der Waals surface area contributed by atoms with Crippen LogP contribution < -0.4 is 16.0 Å². The lowest BCUT2D eigenvalue weighted by molar-refractivity contribution is 0.378. The van der Waals surface area contributed by atoms with Crippen molar-refractivity contribution >= 4 is 0 Å². The lowest BCUT2D eigenvalue weighted by atomic mass is 10.2. The van der Waals surface area contributed by atoms with Crippen LogP contribution in [0.2, 0.25) is 0 Å². The molecular weight excluding hydrogens is 138 g/mol. The summed E-state index contributed by atoms with van der Waals surface area (Å²) in [6.07, 6.45) is 2.84. The van der Waals surface area contributed by atoms with Gasteiger partial charge in [0.15, 0.2) is 0 Å². The quantitative estimate of drug-likeness (QED) is 0.547. The first-order valence-corrected chi connectivity index (χ1v) is 4.55. The van der Waals surface area contributed by atoms with Crippen molar-refractivity contribution in [1.82, 2.24) is 16.0 Å². The summed E-state index contributed by atoms with van der Waals surface area (Å²) in [7, 11) is 0. The molecule has 0 radical (unpaired) electrons. The molecule has 1 atom stereocenters. The Balaban J connectivity index is 2.08. The van der Waals surface area contributed by atoms with Gasteiger partial charge in [0.2, 0.25) is 0 Å². The first kappa shape index (κ1) is 8.97. The van der Waals surface area contributed by atoms with Crippen LogP contribution in [-0.4, -0.2) is 25.4 Å². The molecule has 1 heterocycles. The van der Waals surface area contributed by atoms with E-state index < -0.39 is 0 Å². The summed E-state index contributed by atoms with van der Waals surface area (Å²) in [5.41, 5.74) is 0. The molecule has 11 heavy (non-hydrogen) atoms. The topological polar surface area (TPSA) is 36.1 Å². The van der Waals surface area contributed by atoms with Crippen molar-refractivity contribution < 1.29 is 0 Å². The Labute approximate surface area is 68.9 Å². The molecule has 3 heteroatoms. The van der Waals surface area contributed by atoms with Gasteiger partial charge in [-0.05, 0) is 13.3 Å². The minimum absolute atomic E-state index is 0.344. The molecule has 0 aromatic rings. The minimum Gasteiger partial charge on any atom is -0.288 e. The van der Waals surface area contributed by atoms with Gasteiger partial charge in [-0.15, -0.1) is 0 Å². The van der Waals surface area contributed by atoms with E-state index in [1.807, 2.05) is 0 Å². The fraction of sp³-hybridized carbons (Fsp3) is 1.00. The first-order valence-electron chi connectivity index (χ1n) is 4.55. The van der Waals surface area contributed by atoms with Gasteiger partial charge in [0.05, 0.1) is 0 Å². The summed E-state index contributed by atoms with van der Waals surface area (Å²) >= 11 is 0. The molecule has 0 aromatic heterocycles. The maximum absolute atomic E-state index is 3.46. The molecular formula is C8H19N3. The van der Waals surface area contributed by atoms with Gasteiger partial charge in [0, 0.05) is 19.1 Å². The highest BCUT2D eigenvalue weighted by Gasteiger charge is 2.13. The molecule has 3 N–H and O–H groups in total. The van der Waals surface area contributed by atoms with E-state index in [-0.39, 0.29) is 0 Å². The van der Waals surface area contributed by atoms with Crippen LogP contribution in [0.5, 0.6) is 0 Å². The fourth-order valence-electron chi connectivity index (χ4n) is 1.42. The predicted octanol–water partition coefficient (Wildman–Crippen LogP) is 0.241. The van der Waals surface area contributed by atoms with Crippen molar-refractivity contribution in [2.24, 2.45) is 0 Å². The molecule has 0 amide bonds. The van der Waals surface area contributed by atoms with Gasteiger partial charge in [-0.1, -0.05) is 13.3 Å². The molecule has 1 fully saturated rings. The first-order chi connectivity index (χ1) is 5.33. The van der Waals surface area contributed by atoms with Crippen molar-refractivity contribution in [3.8, 4) is 0 Å². The third-order valence-corrected chi connectivity index (χ3v) is 1.99. The second-order valence-corrected chi connectivity index (χ2v) is 3.20. The van der Waals surface area contributed by atoms with Crippen LogP contribution in [0.4, 0.5) is 0 Å². The molecule has 3 nitrogen and oxygen atoms in total. The van der Waals surface area contributed by atoms with E-state index >= 15 is 0 Å². The van der Waals surface area contributed by atoms with Crippen LogP contribution in [0.25, 0.3) is 0 Å². The van der Waals surface area contributed by atoms with Crippen LogP contribution in [0.1, 0.15) is 26.7 Å². The molecule has 1 aliphatic rings. The van der Waals surface area contributed by atoms with Crippen molar-refractivity contribution in [2.45, 2.75) is 39.0 Å². The summed E-state index contributed by atoms with van der Waals surface area (Å²) in [4.78, 5) is 0. The zero-order valence-corrected chi connectivity index (χ0v) is 7.48. The van der Waals surface area contributed by atoms with Gasteiger partial charge in [-0.25, -0.2) is 0 Å². The van der Waals surface area contributed by atoms with Crippen molar-refractivity contribution in [3.05, 3.63) is 0 Å². The number of hydrogen-bond acceptors (Lipinski definition) is 3. The molecule has 1 rings (SSSR count). The van der Waals surface area contributed by atoms with E-state index in [0.29, 0.717) is 12.3 Å². The fourth-order valence-corrected chi connectivity index (χ4v) is 1.42. The van der Waals surface area contributed by atoms with Crippen molar-refractivity contribution in [2.75, 3.05) is 13.1 Å². The standard InChI is InChI=1S/C8H19N3/c1-3-4-7(2)11-8-9-5-6-10-8/h7-11H,3-6H2,1-2H3. The van der Waals surface area contributed by atoms with Crippen LogP contribution in [0, 0.1) is 0 Å². The molecule has 0 spiro atoms. The summed E-state index contributed by atoms with van der Waals surface area (Å²) in [6, 6.07) is 0.614. The number of rotatable bonds is 4. The molecule has 0 saturated carbocycles. The third kappa shape index (κ3) is 3.18. The van der Waals surface area contributed by atoms with Gasteiger partial charge in [-0.2, -0.15) is 0 Å². The molecule has 66 valence electrons. The van der Waals surface area contributed by atoms with Gasteiger partial charge in [0.25, 0.3) is 0 Å². The van der Waals surface area contributed by atoms with Crippen LogP contribution in [-0.2, 0) is 0 Å². The molecule has 1 unspecified atom stereocenters.